The van der Waals surface area contributed by atoms with E-state index in [-0.39, 0.29) is 0 Å². The van der Waals surface area contributed by atoms with Gasteiger partial charge in [0.05, 0.1) is 0 Å². The number of carbonyl (C=O) groups excluding carboxylic acids is 1. The topological polar surface area (TPSA) is 51.2 Å². The molecule has 0 fully saturated rings. The highest BCUT2D eigenvalue weighted by Crippen LogP contribution is 2.11. The quantitative estimate of drug-likeness (QED) is 0.634. The molecule has 0 aliphatic heterocycles. The molecule has 1 aromatic heterocycles. The maximum atomic E-state index is 11.7. The van der Waals surface area contributed by atoms with Crippen molar-refractivity contribution in [3.8, 4) is 11.5 Å². The monoisotopic (exact) mass is 290 g/mol. The smallest absolute Gasteiger partial charge is 0.413 e. The normalized spacial score (nSPS) is 11.3. The number of rotatable bonds is 1. The first-order valence-corrected chi connectivity index (χ1v) is 10.0. The van der Waals surface area contributed by atoms with Crippen molar-refractivity contribution < 1.29 is 9.53 Å². The van der Waals surface area contributed by atoms with Crippen LogP contribution in [0.3, 0.4) is 0 Å². The zero-order valence-electron chi connectivity index (χ0n) is 13.0. The van der Waals surface area contributed by atoms with E-state index in [0.717, 1.165) is 5.56 Å². The van der Waals surface area contributed by atoms with Crippen LogP contribution in [0.15, 0.2) is 18.3 Å². The molecule has 0 radical (unpaired) electrons. The zero-order chi connectivity index (χ0) is 15.4. The van der Waals surface area contributed by atoms with Crippen molar-refractivity contribution >= 4 is 20.0 Å². The highest BCUT2D eigenvalue weighted by molar-refractivity contribution is 6.83. The molecule has 0 aromatic carbocycles. The van der Waals surface area contributed by atoms with Crippen molar-refractivity contribution in [2.75, 3.05) is 5.32 Å². The summed E-state index contributed by atoms with van der Waals surface area (Å²) in [5.41, 5.74) is 3.59. The Hall–Kier alpha value is -1.80. The molecule has 1 heterocycles. The van der Waals surface area contributed by atoms with E-state index in [1.807, 2.05) is 26.8 Å². The molecule has 1 N–H and O–H groups in total. The maximum Gasteiger partial charge on any atom is 0.413 e. The third kappa shape index (κ3) is 6.95. The Morgan fingerprint density at radius 1 is 1.35 bits per heavy atom. The van der Waals surface area contributed by atoms with Gasteiger partial charge < -0.3 is 4.74 Å². The van der Waals surface area contributed by atoms with Crippen LogP contribution in [-0.2, 0) is 4.74 Å². The molecular formula is C15H22N2O2Si. The van der Waals surface area contributed by atoms with Gasteiger partial charge in [-0.25, -0.2) is 9.78 Å². The third-order valence-corrected chi connectivity index (χ3v) is 2.85. The molecule has 4 nitrogen and oxygen atoms in total. The SMILES string of the molecule is CC(C)(C)OC(=O)Nc1cc(C#C[Si](C)(C)C)ccn1. The number of nitrogens with one attached hydrogen (secondary N) is 1. The van der Waals surface area contributed by atoms with Gasteiger partial charge in [0.25, 0.3) is 0 Å². The second-order valence-electron chi connectivity index (χ2n) is 6.56. The summed E-state index contributed by atoms with van der Waals surface area (Å²) >= 11 is 0. The third-order valence-electron chi connectivity index (χ3n) is 1.97. The summed E-state index contributed by atoms with van der Waals surface area (Å²) in [6, 6.07) is 3.57. The number of hydrogen-bond acceptors (Lipinski definition) is 3. The van der Waals surface area contributed by atoms with Gasteiger partial charge in [-0.3, -0.25) is 5.32 Å². The molecule has 1 rings (SSSR count). The molecule has 0 saturated heterocycles. The first-order chi connectivity index (χ1) is 9.05. The van der Waals surface area contributed by atoms with E-state index in [0.29, 0.717) is 5.82 Å². The zero-order valence-corrected chi connectivity index (χ0v) is 14.0. The van der Waals surface area contributed by atoms with E-state index in [4.69, 9.17) is 4.74 Å². The summed E-state index contributed by atoms with van der Waals surface area (Å²) in [6.45, 7) is 12.0. The van der Waals surface area contributed by atoms with Crippen molar-refractivity contribution in [2.24, 2.45) is 0 Å². The van der Waals surface area contributed by atoms with Crippen LogP contribution in [0.5, 0.6) is 0 Å². The lowest BCUT2D eigenvalue weighted by atomic mass is 10.2. The van der Waals surface area contributed by atoms with Gasteiger partial charge >= 0.3 is 6.09 Å². The fourth-order valence-electron chi connectivity index (χ4n) is 1.24. The van der Waals surface area contributed by atoms with E-state index >= 15 is 0 Å². The molecule has 1 amide bonds. The average Bonchev–Trinajstić information content (AvgIpc) is 2.23. The summed E-state index contributed by atoms with van der Waals surface area (Å²) < 4.78 is 5.18. The molecule has 0 aliphatic carbocycles. The van der Waals surface area contributed by atoms with E-state index < -0.39 is 19.8 Å². The highest BCUT2D eigenvalue weighted by Gasteiger charge is 2.16. The minimum atomic E-state index is -1.41. The molecular weight excluding hydrogens is 268 g/mol. The van der Waals surface area contributed by atoms with Crippen molar-refractivity contribution in [2.45, 2.75) is 46.0 Å². The van der Waals surface area contributed by atoms with Gasteiger partial charge in [0, 0.05) is 11.8 Å². The van der Waals surface area contributed by atoms with Crippen LogP contribution in [0, 0.1) is 11.5 Å². The Labute approximate surface area is 122 Å². The predicted octanol–water partition coefficient (Wildman–Crippen LogP) is 3.66. The summed E-state index contributed by atoms with van der Waals surface area (Å²) in [4.78, 5) is 15.7. The fraction of sp³-hybridized carbons (Fsp3) is 0.467. The molecule has 108 valence electrons. The van der Waals surface area contributed by atoms with Crippen LogP contribution in [0.25, 0.3) is 0 Å². The minimum Gasteiger partial charge on any atom is -0.444 e. The number of pyridine rings is 1. The van der Waals surface area contributed by atoms with Gasteiger partial charge in [-0.2, -0.15) is 0 Å². The standard InChI is InChI=1S/C15H22N2O2Si/c1-15(2,3)19-14(18)17-13-11-12(7-9-16-13)8-10-20(4,5)6/h7,9,11H,1-6H3,(H,16,17,18). The predicted molar refractivity (Wildman–Crippen MR) is 84.3 cm³/mol. The van der Waals surface area contributed by atoms with Crippen LogP contribution < -0.4 is 5.32 Å². The van der Waals surface area contributed by atoms with Crippen LogP contribution >= 0.6 is 0 Å². The van der Waals surface area contributed by atoms with Crippen molar-refractivity contribution in [3.05, 3.63) is 23.9 Å². The van der Waals surface area contributed by atoms with Crippen molar-refractivity contribution in [1.82, 2.24) is 4.98 Å². The number of nitrogens with zero attached hydrogens (tertiary/aromatic N) is 1. The molecule has 0 saturated carbocycles. The Kier molecular flexibility index (Phi) is 4.96. The lowest BCUT2D eigenvalue weighted by Crippen LogP contribution is -2.27. The summed E-state index contributed by atoms with van der Waals surface area (Å²) in [6.07, 6.45) is 1.11. The Balaban J connectivity index is 2.78. The number of ether oxygens (including phenoxy) is 1. The van der Waals surface area contributed by atoms with E-state index in [1.54, 1.807) is 12.3 Å². The van der Waals surface area contributed by atoms with E-state index in [2.05, 4.69) is 41.4 Å². The van der Waals surface area contributed by atoms with Gasteiger partial charge in [-0.1, -0.05) is 25.6 Å². The maximum absolute atomic E-state index is 11.7. The Morgan fingerprint density at radius 3 is 2.55 bits per heavy atom. The largest absolute Gasteiger partial charge is 0.444 e. The molecule has 1 aromatic rings. The second kappa shape index (κ2) is 6.10. The van der Waals surface area contributed by atoms with Crippen molar-refractivity contribution in [1.29, 1.82) is 0 Å². The van der Waals surface area contributed by atoms with Crippen LogP contribution in [-0.4, -0.2) is 24.8 Å². The fourth-order valence-corrected chi connectivity index (χ4v) is 1.76. The summed E-state index contributed by atoms with van der Waals surface area (Å²) in [5.74, 6) is 3.57. The molecule has 0 bridgehead atoms. The van der Waals surface area contributed by atoms with Gasteiger partial charge in [0.2, 0.25) is 0 Å². The molecule has 0 atom stereocenters. The Morgan fingerprint density at radius 2 is 2.00 bits per heavy atom. The van der Waals surface area contributed by atoms with Gasteiger partial charge in [-0.15, -0.1) is 5.54 Å². The lowest BCUT2D eigenvalue weighted by molar-refractivity contribution is 0.0635. The molecule has 0 spiro atoms. The Bertz CT molecular complexity index is 545. The van der Waals surface area contributed by atoms with E-state index in [1.165, 1.54) is 0 Å². The van der Waals surface area contributed by atoms with Gasteiger partial charge in [0.1, 0.15) is 19.5 Å². The van der Waals surface area contributed by atoms with Gasteiger partial charge in [0.15, 0.2) is 0 Å². The number of aromatic nitrogens is 1. The number of hydrogen-bond donors (Lipinski definition) is 1. The first-order valence-electron chi connectivity index (χ1n) is 6.54. The van der Waals surface area contributed by atoms with Crippen LogP contribution in [0.4, 0.5) is 10.6 Å². The minimum absolute atomic E-state index is 0.446. The van der Waals surface area contributed by atoms with Crippen molar-refractivity contribution in [3.63, 3.8) is 0 Å². The lowest BCUT2D eigenvalue weighted by Gasteiger charge is -2.19. The average molecular weight is 290 g/mol. The molecule has 20 heavy (non-hydrogen) atoms. The summed E-state index contributed by atoms with van der Waals surface area (Å²) in [5, 5.41) is 2.61. The van der Waals surface area contributed by atoms with Gasteiger partial charge in [-0.05, 0) is 32.9 Å². The molecule has 0 unspecified atom stereocenters. The summed E-state index contributed by atoms with van der Waals surface area (Å²) in [7, 11) is -1.41. The first kappa shape index (κ1) is 16.3. The number of carbonyl (C=O) groups is 1. The van der Waals surface area contributed by atoms with Crippen LogP contribution in [0.1, 0.15) is 26.3 Å². The second-order valence-corrected chi connectivity index (χ2v) is 11.3. The van der Waals surface area contributed by atoms with E-state index in [9.17, 15) is 4.79 Å². The number of amides is 1. The highest BCUT2D eigenvalue weighted by atomic mass is 28.3. The number of anilines is 1. The van der Waals surface area contributed by atoms with Crippen LogP contribution in [0.2, 0.25) is 19.6 Å². The molecule has 5 heteroatoms. The molecule has 0 aliphatic rings.